The second-order valence-electron chi connectivity index (χ2n) is 3.78. The summed E-state index contributed by atoms with van der Waals surface area (Å²) in [6.45, 7) is 0. The van der Waals surface area contributed by atoms with Gasteiger partial charge in [0.05, 0.1) is 10.1 Å². The predicted molar refractivity (Wildman–Crippen MR) is 59.6 cm³/mol. The average Bonchev–Trinajstić information content (AvgIpc) is 2.91. The van der Waals surface area contributed by atoms with E-state index in [0.717, 1.165) is 15.5 Å². The number of fused-ring (bicyclic) bond motifs is 1. The maximum absolute atomic E-state index is 9.68. The van der Waals surface area contributed by atoms with Crippen LogP contribution >= 0.6 is 15.9 Å². The van der Waals surface area contributed by atoms with E-state index < -0.39 is 0 Å². The van der Waals surface area contributed by atoms with E-state index in [1.165, 1.54) is 12.8 Å². The van der Waals surface area contributed by atoms with Gasteiger partial charge in [-0.05, 0) is 47.0 Å². The van der Waals surface area contributed by atoms with Crippen LogP contribution in [0.2, 0.25) is 0 Å². The van der Waals surface area contributed by atoms with Crippen LogP contribution < -0.4 is 0 Å². The van der Waals surface area contributed by atoms with Crippen molar-refractivity contribution in [3.8, 4) is 5.75 Å². The molecule has 3 heteroatoms. The van der Waals surface area contributed by atoms with Gasteiger partial charge in [0.25, 0.3) is 0 Å². The molecule has 72 valence electrons. The summed E-state index contributed by atoms with van der Waals surface area (Å²) in [7, 11) is 0. The molecule has 0 spiro atoms. The van der Waals surface area contributed by atoms with Crippen LogP contribution in [-0.2, 0) is 0 Å². The molecule has 0 unspecified atom stereocenters. The molecule has 3 rings (SSSR count). The lowest BCUT2D eigenvalue weighted by atomic mass is 10.2. The molecular weight excluding hydrogens is 242 g/mol. The number of aromatic nitrogens is 1. The molecule has 0 radical (unpaired) electrons. The Morgan fingerprint density at radius 2 is 2.14 bits per heavy atom. The molecule has 1 aliphatic carbocycles. The van der Waals surface area contributed by atoms with E-state index in [-0.39, 0.29) is 0 Å². The van der Waals surface area contributed by atoms with Crippen LogP contribution in [0.15, 0.2) is 28.9 Å². The van der Waals surface area contributed by atoms with Gasteiger partial charge in [-0.1, -0.05) is 6.07 Å². The fourth-order valence-corrected chi connectivity index (χ4v) is 2.62. The number of nitrogens with zero attached hydrogens (tertiary/aromatic N) is 1. The summed E-state index contributed by atoms with van der Waals surface area (Å²) < 4.78 is 3.33. The third-order valence-corrected chi connectivity index (χ3v) is 3.34. The SMILES string of the molecule is Oc1cccc2c1cc(Br)n2C1CC1. The zero-order valence-corrected chi connectivity index (χ0v) is 9.16. The first kappa shape index (κ1) is 8.36. The van der Waals surface area contributed by atoms with Gasteiger partial charge in [-0.2, -0.15) is 0 Å². The molecule has 2 nitrogen and oxygen atoms in total. The molecule has 0 aliphatic heterocycles. The van der Waals surface area contributed by atoms with Crippen molar-refractivity contribution in [2.75, 3.05) is 0 Å². The van der Waals surface area contributed by atoms with Crippen LogP contribution in [0.1, 0.15) is 18.9 Å². The van der Waals surface area contributed by atoms with Gasteiger partial charge in [-0.15, -0.1) is 0 Å². The Balaban J connectivity index is 2.37. The largest absolute Gasteiger partial charge is 0.507 e. The molecule has 1 aromatic carbocycles. The molecule has 1 heterocycles. The first-order valence-corrected chi connectivity index (χ1v) is 5.55. The number of halogens is 1. The van der Waals surface area contributed by atoms with Crippen molar-refractivity contribution in [1.29, 1.82) is 0 Å². The van der Waals surface area contributed by atoms with Gasteiger partial charge in [0.2, 0.25) is 0 Å². The minimum atomic E-state index is 0.364. The predicted octanol–water partition coefficient (Wildman–Crippen LogP) is 3.44. The number of hydrogen-bond acceptors (Lipinski definition) is 1. The number of phenolic OH excluding ortho intramolecular Hbond substituents is 1. The molecule has 14 heavy (non-hydrogen) atoms. The first-order valence-electron chi connectivity index (χ1n) is 4.76. The molecule has 1 fully saturated rings. The van der Waals surface area contributed by atoms with Crippen molar-refractivity contribution in [2.24, 2.45) is 0 Å². The highest BCUT2D eigenvalue weighted by atomic mass is 79.9. The lowest BCUT2D eigenvalue weighted by Crippen LogP contribution is -1.92. The Labute approximate surface area is 90.3 Å². The molecule has 1 saturated carbocycles. The van der Waals surface area contributed by atoms with Crippen molar-refractivity contribution in [1.82, 2.24) is 4.57 Å². The summed E-state index contributed by atoms with van der Waals surface area (Å²) in [6, 6.07) is 8.29. The van der Waals surface area contributed by atoms with Gasteiger partial charge < -0.3 is 9.67 Å². The standard InChI is InChI=1S/C11H10BrNO/c12-11-6-8-9(2-1-3-10(8)14)13(11)7-4-5-7/h1-3,6-7,14H,4-5H2. The van der Waals surface area contributed by atoms with Crippen molar-refractivity contribution in [2.45, 2.75) is 18.9 Å². The van der Waals surface area contributed by atoms with Gasteiger partial charge >= 0.3 is 0 Å². The highest BCUT2D eigenvalue weighted by Crippen LogP contribution is 2.42. The van der Waals surface area contributed by atoms with Crippen molar-refractivity contribution in [3.63, 3.8) is 0 Å². The Bertz CT molecular complexity index is 499. The number of rotatable bonds is 1. The molecular formula is C11H10BrNO. The molecule has 0 bridgehead atoms. The highest BCUT2D eigenvalue weighted by Gasteiger charge is 2.26. The van der Waals surface area contributed by atoms with Crippen molar-refractivity contribution < 1.29 is 5.11 Å². The fraction of sp³-hybridized carbons (Fsp3) is 0.273. The van der Waals surface area contributed by atoms with E-state index in [4.69, 9.17) is 0 Å². The molecule has 2 aromatic rings. The molecule has 0 atom stereocenters. The van der Waals surface area contributed by atoms with Gasteiger partial charge in [0, 0.05) is 11.4 Å². The second-order valence-corrected chi connectivity index (χ2v) is 4.59. The van der Waals surface area contributed by atoms with Crippen LogP contribution in [0.5, 0.6) is 5.75 Å². The highest BCUT2D eigenvalue weighted by molar-refractivity contribution is 9.10. The Hall–Kier alpha value is -0.960. The lowest BCUT2D eigenvalue weighted by molar-refractivity contribution is 0.481. The smallest absolute Gasteiger partial charge is 0.124 e. The number of hydrogen-bond donors (Lipinski definition) is 1. The molecule has 0 amide bonds. The van der Waals surface area contributed by atoms with E-state index in [9.17, 15) is 5.11 Å². The minimum absolute atomic E-state index is 0.364. The van der Waals surface area contributed by atoms with Crippen molar-refractivity contribution in [3.05, 3.63) is 28.9 Å². The second kappa shape index (κ2) is 2.76. The summed E-state index contributed by atoms with van der Waals surface area (Å²) >= 11 is 3.54. The van der Waals surface area contributed by atoms with E-state index >= 15 is 0 Å². The summed E-state index contributed by atoms with van der Waals surface area (Å²) in [4.78, 5) is 0. The molecule has 0 saturated heterocycles. The third-order valence-electron chi connectivity index (χ3n) is 2.73. The fourth-order valence-electron chi connectivity index (χ4n) is 1.91. The van der Waals surface area contributed by atoms with Crippen molar-refractivity contribution >= 4 is 26.8 Å². The summed E-state index contributed by atoms with van der Waals surface area (Å²) in [5.74, 6) is 0.364. The van der Waals surface area contributed by atoms with Crippen LogP contribution in [-0.4, -0.2) is 9.67 Å². The minimum Gasteiger partial charge on any atom is -0.507 e. The van der Waals surface area contributed by atoms with Gasteiger partial charge in [0.1, 0.15) is 5.75 Å². The topological polar surface area (TPSA) is 25.2 Å². The Kier molecular flexibility index (Phi) is 1.65. The summed E-state index contributed by atoms with van der Waals surface area (Å²) in [5, 5.41) is 10.6. The lowest BCUT2D eigenvalue weighted by Gasteiger charge is -2.04. The quantitative estimate of drug-likeness (QED) is 0.826. The van der Waals surface area contributed by atoms with E-state index in [1.54, 1.807) is 6.07 Å². The Morgan fingerprint density at radius 1 is 1.36 bits per heavy atom. The first-order chi connectivity index (χ1) is 6.77. The number of benzene rings is 1. The average molecular weight is 252 g/mol. The molecule has 1 N–H and O–H groups in total. The molecule has 1 aromatic heterocycles. The zero-order chi connectivity index (χ0) is 9.71. The number of aromatic hydroxyl groups is 1. The maximum Gasteiger partial charge on any atom is 0.124 e. The van der Waals surface area contributed by atoms with Crippen LogP contribution in [0, 0.1) is 0 Å². The maximum atomic E-state index is 9.68. The zero-order valence-electron chi connectivity index (χ0n) is 7.57. The molecule has 1 aliphatic rings. The van der Waals surface area contributed by atoms with E-state index in [2.05, 4.69) is 26.6 Å². The summed E-state index contributed by atoms with van der Waals surface area (Å²) in [6.07, 6.45) is 2.50. The van der Waals surface area contributed by atoms with Crippen LogP contribution in [0.25, 0.3) is 10.9 Å². The Morgan fingerprint density at radius 3 is 2.86 bits per heavy atom. The van der Waals surface area contributed by atoms with E-state index in [0.29, 0.717) is 11.8 Å². The van der Waals surface area contributed by atoms with Crippen LogP contribution in [0.3, 0.4) is 0 Å². The monoisotopic (exact) mass is 251 g/mol. The van der Waals surface area contributed by atoms with Gasteiger partial charge in [-0.25, -0.2) is 0 Å². The third kappa shape index (κ3) is 1.08. The van der Waals surface area contributed by atoms with Gasteiger partial charge in [-0.3, -0.25) is 0 Å². The number of phenols is 1. The van der Waals surface area contributed by atoms with E-state index in [1.807, 2.05) is 12.1 Å². The normalized spacial score (nSPS) is 16.4. The summed E-state index contributed by atoms with van der Waals surface area (Å²) in [5.41, 5.74) is 1.12. The van der Waals surface area contributed by atoms with Crippen LogP contribution in [0.4, 0.5) is 0 Å². The van der Waals surface area contributed by atoms with Gasteiger partial charge in [0.15, 0.2) is 0 Å².